The molecule has 0 bridgehead atoms. The molecule has 0 heterocycles. The van der Waals surface area contributed by atoms with Crippen LogP contribution in [-0.2, 0) is 0 Å². The summed E-state index contributed by atoms with van der Waals surface area (Å²) in [7, 11) is -2.33. The molecule has 0 saturated heterocycles. The highest BCUT2D eigenvalue weighted by Crippen LogP contribution is 2.43. The monoisotopic (exact) mass is 804 g/mol. The lowest BCUT2D eigenvalue weighted by molar-refractivity contribution is -0.958. The number of rotatable bonds is 27. The van der Waals surface area contributed by atoms with Gasteiger partial charge in [0.05, 0.1) is 25.2 Å². The van der Waals surface area contributed by atoms with Crippen LogP contribution >= 0.6 is 0 Å². The highest BCUT2D eigenvalue weighted by atomic mass is 19.2. The fourth-order valence-corrected chi connectivity index (χ4v) is 7.16. The van der Waals surface area contributed by atoms with Crippen molar-refractivity contribution in [1.82, 2.24) is 0 Å². The molecule has 0 aliphatic rings. The van der Waals surface area contributed by atoms with Crippen molar-refractivity contribution in [3.63, 3.8) is 0 Å². The van der Waals surface area contributed by atoms with Crippen LogP contribution in [0.3, 0.4) is 0 Å². The van der Waals surface area contributed by atoms with E-state index in [9.17, 15) is 26.3 Å². The standard InChI is InChI=1S/C42H56BF9NO3/c1-5-9-13-14-15-16-17-18-19-20-36(53(21-10-6-2,22-11-7-3)23-12-8-4)38-37(28-35(48)41(51)42(38)52)56-43(54-29-24-31(44)39(49)32(45)25-29)55-30-26-33(46)40(50)34(47)27-30/h24-28,36H,5-23H2,1-4H3/q+1. The SMILES string of the molecule is CCCCCCCCCCCC(c1c(OB(Oc2cc(F)c(F)c(F)c2)Oc2cc(F)c(F)c(F)c2)cc(F)c(F)c1F)[N+](CCCC)(CCCC)CCCC. The van der Waals surface area contributed by atoms with Gasteiger partial charge in [-0.15, -0.1) is 0 Å². The lowest BCUT2D eigenvalue weighted by Gasteiger charge is -2.46. The smallest absolute Gasteiger partial charge is 0.489 e. The lowest BCUT2D eigenvalue weighted by atomic mass is 9.92. The molecule has 312 valence electrons. The van der Waals surface area contributed by atoms with E-state index < -0.39 is 83.0 Å². The average molecular weight is 805 g/mol. The maximum Gasteiger partial charge on any atom is 0.864 e. The van der Waals surface area contributed by atoms with Crippen molar-refractivity contribution in [3.05, 3.63) is 88.3 Å². The fourth-order valence-electron chi connectivity index (χ4n) is 7.16. The molecule has 0 saturated carbocycles. The largest absolute Gasteiger partial charge is 0.864 e. The summed E-state index contributed by atoms with van der Waals surface area (Å²) in [6.45, 7) is 10.0. The van der Waals surface area contributed by atoms with E-state index >= 15 is 13.2 Å². The van der Waals surface area contributed by atoms with Crippen LogP contribution in [0.1, 0.15) is 142 Å². The third-order valence-electron chi connectivity index (χ3n) is 10.2. The summed E-state index contributed by atoms with van der Waals surface area (Å²) in [6.07, 6.45) is 14.2. The summed E-state index contributed by atoms with van der Waals surface area (Å²) >= 11 is 0. The van der Waals surface area contributed by atoms with Crippen LogP contribution in [0.15, 0.2) is 30.3 Å². The molecule has 3 aromatic carbocycles. The highest BCUT2D eigenvalue weighted by molar-refractivity contribution is 6.39. The minimum absolute atomic E-state index is 0.322. The zero-order valence-electron chi connectivity index (χ0n) is 33.1. The van der Waals surface area contributed by atoms with Crippen LogP contribution in [0, 0.1) is 52.4 Å². The second kappa shape index (κ2) is 23.6. The number of hydrogen-bond donors (Lipinski definition) is 0. The second-order valence-corrected chi connectivity index (χ2v) is 14.5. The molecule has 1 unspecified atom stereocenters. The maximum absolute atomic E-state index is 16.6. The van der Waals surface area contributed by atoms with E-state index in [4.69, 9.17) is 14.0 Å². The van der Waals surface area contributed by atoms with E-state index in [0.717, 1.165) is 77.0 Å². The summed E-state index contributed by atoms with van der Waals surface area (Å²) in [4.78, 5) is 0. The molecule has 0 spiro atoms. The second-order valence-electron chi connectivity index (χ2n) is 14.5. The van der Waals surface area contributed by atoms with Gasteiger partial charge in [-0.05, 0) is 25.7 Å². The molecular weight excluding hydrogens is 748 g/mol. The molecule has 14 heteroatoms. The normalized spacial score (nSPS) is 12.2. The van der Waals surface area contributed by atoms with Gasteiger partial charge in [0.25, 0.3) is 0 Å². The summed E-state index contributed by atoms with van der Waals surface area (Å²) in [5.74, 6) is -17.3. The van der Waals surface area contributed by atoms with E-state index in [1.165, 1.54) is 12.8 Å². The Labute approximate surface area is 326 Å². The van der Waals surface area contributed by atoms with Crippen LogP contribution < -0.4 is 14.0 Å². The van der Waals surface area contributed by atoms with Gasteiger partial charge in [-0.25, -0.2) is 39.5 Å². The van der Waals surface area contributed by atoms with Gasteiger partial charge < -0.3 is 18.4 Å². The number of nitrogens with zero attached hydrogens (tertiary/aromatic N) is 1. The first-order chi connectivity index (χ1) is 26.8. The molecule has 0 aliphatic heterocycles. The number of quaternary nitrogens is 1. The van der Waals surface area contributed by atoms with Crippen molar-refractivity contribution in [2.45, 2.75) is 136 Å². The Bertz CT molecular complexity index is 1540. The van der Waals surface area contributed by atoms with Gasteiger partial charge in [0.15, 0.2) is 52.4 Å². The number of benzene rings is 3. The molecule has 0 N–H and O–H groups in total. The van der Waals surface area contributed by atoms with Crippen LogP contribution in [0.5, 0.6) is 17.2 Å². The lowest BCUT2D eigenvalue weighted by Crippen LogP contribution is -2.53. The number of hydrogen-bond acceptors (Lipinski definition) is 3. The van der Waals surface area contributed by atoms with Crippen molar-refractivity contribution < 1.29 is 58.0 Å². The zero-order valence-corrected chi connectivity index (χ0v) is 33.1. The summed E-state index contributed by atoms with van der Waals surface area (Å²) in [5, 5.41) is 0. The van der Waals surface area contributed by atoms with Gasteiger partial charge in [-0.3, -0.25) is 0 Å². The molecular formula is C42H56BF9NO3+. The minimum atomic E-state index is -2.33. The Morgan fingerprint density at radius 2 is 0.821 bits per heavy atom. The molecule has 0 amide bonds. The van der Waals surface area contributed by atoms with Gasteiger partial charge in [0.2, 0.25) is 0 Å². The summed E-state index contributed by atoms with van der Waals surface area (Å²) in [5.41, 5.74) is -0.322. The molecule has 0 fully saturated rings. The Morgan fingerprint density at radius 1 is 0.446 bits per heavy atom. The molecule has 56 heavy (non-hydrogen) atoms. The average Bonchev–Trinajstić information content (AvgIpc) is 3.16. The topological polar surface area (TPSA) is 27.7 Å². The summed E-state index contributed by atoms with van der Waals surface area (Å²) < 4.78 is 149. The highest BCUT2D eigenvalue weighted by Gasteiger charge is 2.43. The molecule has 3 aromatic rings. The molecule has 0 aromatic heterocycles. The molecule has 4 nitrogen and oxygen atoms in total. The third kappa shape index (κ3) is 13.3. The van der Waals surface area contributed by atoms with Crippen LogP contribution in [0.25, 0.3) is 0 Å². The Morgan fingerprint density at radius 3 is 1.23 bits per heavy atom. The number of halogens is 9. The van der Waals surface area contributed by atoms with Gasteiger partial charge in [-0.1, -0.05) is 98.3 Å². The van der Waals surface area contributed by atoms with Crippen molar-refractivity contribution in [2.75, 3.05) is 19.6 Å². The fraction of sp³-hybridized carbons (Fsp3) is 0.571. The summed E-state index contributed by atoms with van der Waals surface area (Å²) in [6, 6.07) is 1.51. The quantitative estimate of drug-likeness (QED) is 0.0253. The van der Waals surface area contributed by atoms with Crippen LogP contribution in [0.4, 0.5) is 39.5 Å². The van der Waals surface area contributed by atoms with Crippen molar-refractivity contribution >= 4 is 7.32 Å². The minimum Gasteiger partial charge on any atom is -0.489 e. The predicted molar refractivity (Wildman–Crippen MR) is 201 cm³/mol. The van der Waals surface area contributed by atoms with E-state index in [1.54, 1.807) is 0 Å². The predicted octanol–water partition coefficient (Wildman–Crippen LogP) is 13.6. The Kier molecular flexibility index (Phi) is 19.8. The first kappa shape index (κ1) is 46.8. The van der Waals surface area contributed by atoms with Crippen LogP contribution in [0.2, 0.25) is 0 Å². The first-order valence-electron chi connectivity index (χ1n) is 20.1. The van der Waals surface area contributed by atoms with Gasteiger partial charge in [0.1, 0.15) is 23.3 Å². The third-order valence-corrected chi connectivity index (χ3v) is 10.2. The molecule has 0 radical (unpaired) electrons. The van der Waals surface area contributed by atoms with Gasteiger partial charge >= 0.3 is 7.32 Å². The Balaban J connectivity index is 2.19. The molecule has 0 aliphatic carbocycles. The van der Waals surface area contributed by atoms with E-state index in [0.29, 0.717) is 67.3 Å². The molecule has 3 rings (SSSR count). The Hall–Kier alpha value is -3.55. The van der Waals surface area contributed by atoms with Crippen molar-refractivity contribution in [1.29, 1.82) is 0 Å². The maximum atomic E-state index is 16.6. The van der Waals surface area contributed by atoms with Gasteiger partial charge in [-0.2, -0.15) is 0 Å². The van der Waals surface area contributed by atoms with Crippen molar-refractivity contribution in [3.8, 4) is 17.2 Å². The zero-order chi connectivity index (χ0) is 41.3. The van der Waals surface area contributed by atoms with Gasteiger partial charge in [0, 0.05) is 36.8 Å². The first-order valence-corrected chi connectivity index (χ1v) is 20.1. The van der Waals surface area contributed by atoms with E-state index in [-0.39, 0.29) is 5.56 Å². The number of unbranched alkanes of at least 4 members (excludes halogenated alkanes) is 11. The van der Waals surface area contributed by atoms with E-state index in [1.807, 2.05) is 20.8 Å². The van der Waals surface area contributed by atoms with Crippen LogP contribution in [-0.4, -0.2) is 31.4 Å². The van der Waals surface area contributed by atoms with E-state index in [2.05, 4.69) is 6.92 Å². The van der Waals surface area contributed by atoms with Crippen molar-refractivity contribution in [2.24, 2.45) is 0 Å². The molecule has 1 atom stereocenters.